The molecular weight excluding hydrogens is 470 g/mol. The lowest BCUT2D eigenvalue weighted by molar-refractivity contribution is 0.0593. The van der Waals surface area contributed by atoms with Crippen LogP contribution < -0.4 is 14.9 Å². The van der Waals surface area contributed by atoms with Gasteiger partial charge in [-0.2, -0.15) is 0 Å². The second-order valence-electron chi connectivity index (χ2n) is 10.3. The second kappa shape index (κ2) is 11.4. The first-order valence-electron chi connectivity index (χ1n) is 13.0. The molecule has 0 spiro atoms. The summed E-state index contributed by atoms with van der Waals surface area (Å²) in [5.41, 5.74) is 2.31. The molecule has 0 saturated carbocycles. The van der Waals surface area contributed by atoms with Crippen molar-refractivity contribution in [2.45, 2.75) is 59.6 Å². The van der Waals surface area contributed by atoms with Crippen LogP contribution in [0.4, 0.5) is 0 Å². The van der Waals surface area contributed by atoms with Gasteiger partial charge in [0.25, 0.3) is 5.91 Å². The van der Waals surface area contributed by atoms with E-state index in [4.69, 9.17) is 18.6 Å². The van der Waals surface area contributed by atoms with E-state index in [0.29, 0.717) is 60.1 Å². The fraction of sp³-hybridized carbons (Fsp3) is 0.467. The molecule has 2 heterocycles. The molecule has 1 atom stereocenters. The molecule has 1 amide bonds. The Labute approximate surface area is 218 Å². The molecule has 0 N–H and O–H groups in total. The Morgan fingerprint density at radius 1 is 1.00 bits per heavy atom. The summed E-state index contributed by atoms with van der Waals surface area (Å²) in [5.74, 6) is 1.53. The zero-order chi connectivity index (χ0) is 26.7. The first kappa shape index (κ1) is 26.7. The van der Waals surface area contributed by atoms with E-state index >= 15 is 0 Å². The van der Waals surface area contributed by atoms with Crippen LogP contribution in [0.5, 0.6) is 11.5 Å². The van der Waals surface area contributed by atoms with Gasteiger partial charge < -0.3 is 23.5 Å². The molecule has 0 aliphatic carbocycles. The molecule has 4 rings (SSSR count). The number of methoxy groups -OCH3 is 1. The summed E-state index contributed by atoms with van der Waals surface area (Å²) in [6, 6.07) is 10.4. The van der Waals surface area contributed by atoms with Gasteiger partial charge >= 0.3 is 0 Å². The maximum Gasteiger partial charge on any atom is 0.290 e. The van der Waals surface area contributed by atoms with Crippen LogP contribution in [-0.4, -0.2) is 43.8 Å². The van der Waals surface area contributed by atoms with Crippen LogP contribution in [0.25, 0.3) is 11.0 Å². The Morgan fingerprint density at radius 2 is 1.78 bits per heavy atom. The molecule has 1 aromatic heterocycles. The van der Waals surface area contributed by atoms with Gasteiger partial charge in [0.2, 0.25) is 5.76 Å². The van der Waals surface area contributed by atoms with Gasteiger partial charge in [-0.15, -0.1) is 0 Å². The van der Waals surface area contributed by atoms with E-state index in [1.54, 1.807) is 18.1 Å². The summed E-state index contributed by atoms with van der Waals surface area (Å²) in [5, 5.41) is 0.474. The van der Waals surface area contributed by atoms with Gasteiger partial charge in [-0.25, -0.2) is 0 Å². The Bertz CT molecular complexity index is 1330. The largest absolute Gasteiger partial charge is 0.493 e. The summed E-state index contributed by atoms with van der Waals surface area (Å²) in [6.07, 6.45) is 1.66. The predicted octanol–water partition coefficient (Wildman–Crippen LogP) is 5.90. The monoisotopic (exact) mass is 507 g/mol. The molecule has 0 saturated heterocycles. The van der Waals surface area contributed by atoms with Gasteiger partial charge in [-0.1, -0.05) is 31.5 Å². The van der Waals surface area contributed by atoms with Gasteiger partial charge in [0.05, 0.1) is 36.8 Å². The first-order chi connectivity index (χ1) is 17.7. The molecule has 198 valence electrons. The highest BCUT2D eigenvalue weighted by Gasteiger charge is 2.42. The van der Waals surface area contributed by atoms with Crippen molar-refractivity contribution in [3.8, 4) is 11.5 Å². The molecule has 0 radical (unpaired) electrons. The van der Waals surface area contributed by atoms with Crippen molar-refractivity contribution >= 4 is 16.9 Å². The number of carbonyl (C=O) groups excluding carboxylic acids is 1. The van der Waals surface area contributed by atoms with Gasteiger partial charge in [0, 0.05) is 13.2 Å². The van der Waals surface area contributed by atoms with E-state index in [2.05, 4.69) is 13.8 Å². The average molecular weight is 508 g/mol. The highest BCUT2D eigenvalue weighted by Crippen LogP contribution is 2.41. The van der Waals surface area contributed by atoms with Crippen molar-refractivity contribution in [2.24, 2.45) is 5.92 Å². The van der Waals surface area contributed by atoms with E-state index in [-0.39, 0.29) is 23.2 Å². The minimum absolute atomic E-state index is 0.103. The van der Waals surface area contributed by atoms with E-state index in [1.165, 1.54) is 0 Å². The predicted molar refractivity (Wildman–Crippen MR) is 144 cm³/mol. The normalized spacial score (nSPS) is 15.2. The lowest BCUT2D eigenvalue weighted by atomic mass is 9.97. The molecule has 7 heteroatoms. The molecule has 2 aromatic carbocycles. The van der Waals surface area contributed by atoms with Gasteiger partial charge in [0.1, 0.15) is 5.58 Å². The van der Waals surface area contributed by atoms with Crippen LogP contribution in [-0.2, 0) is 4.74 Å². The quantitative estimate of drug-likeness (QED) is 0.301. The molecule has 3 aromatic rings. The molecular formula is C30H37NO6. The summed E-state index contributed by atoms with van der Waals surface area (Å²) in [4.78, 5) is 29.1. The van der Waals surface area contributed by atoms with Gasteiger partial charge in [0.15, 0.2) is 16.9 Å². The standard InChI is InChI=1S/C30H37NO6/c1-18(2)12-15-36-24-11-9-21(17-25(24)34-6)27-26-28(32)22-16-20(5)8-10-23(22)37-29(26)30(33)31(27)13-7-14-35-19(3)4/h8-11,16-19,27H,7,12-15H2,1-6H3. The summed E-state index contributed by atoms with van der Waals surface area (Å²) in [7, 11) is 1.59. The van der Waals surface area contributed by atoms with Crippen molar-refractivity contribution in [3.05, 3.63) is 69.1 Å². The maximum atomic E-state index is 13.8. The molecule has 7 nitrogen and oxygen atoms in total. The second-order valence-corrected chi connectivity index (χ2v) is 10.3. The number of aryl methyl sites for hydroxylation is 1. The lowest BCUT2D eigenvalue weighted by Gasteiger charge is -2.26. The SMILES string of the molecule is COc1cc(C2c3c(oc4ccc(C)cc4c3=O)C(=O)N2CCCOC(C)C)ccc1OCCC(C)C. The third-order valence-corrected chi connectivity index (χ3v) is 6.57. The zero-order valence-corrected chi connectivity index (χ0v) is 22.6. The number of rotatable bonds is 11. The Morgan fingerprint density at radius 3 is 2.49 bits per heavy atom. The van der Waals surface area contributed by atoms with Crippen molar-refractivity contribution < 1.29 is 23.4 Å². The minimum Gasteiger partial charge on any atom is -0.493 e. The van der Waals surface area contributed by atoms with Crippen molar-refractivity contribution in [1.29, 1.82) is 0 Å². The number of benzene rings is 2. The van der Waals surface area contributed by atoms with Crippen molar-refractivity contribution in [1.82, 2.24) is 4.90 Å². The van der Waals surface area contributed by atoms with Crippen LogP contribution in [0.15, 0.2) is 45.6 Å². The van der Waals surface area contributed by atoms with Crippen LogP contribution in [0.1, 0.15) is 73.8 Å². The summed E-state index contributed by atoms with van der Waals surface area (Å²) < 4.78 is 23.4. The fourth-order valence-corrected chi connectivity index (χ4v) is 4.64. The molecule has 0 fully saturated rings. The molecule has 1 aliphatic heterocycles. The van der Waals surface area contributed by atoms with Crippen molar-refractivity contribution in [3.63, 3.8) is 0 Å². The third kappa shape index (κ3) is 5.67. The number of hydrogen-bond acceptors (Lipinski definition) is 6. The highest BCUT2D eigenvalue weighted by molar-refractivity contribution is 5.99. The number of fused-ring (bicyclic) bond motifs is 2. The Balaban J connectivity index is 1.77. The number of ether oxygens (including phenoxy) is 3. The Kier molecular flexibility index (Phi) is 8.22. The van der Waals surface area contributed by atoms with Crippen LogP contribution >= 0.6 is 0 Å². The fourth-order valence-electron chi connectivity index (χ4n) is 4.64. The van der Waals surface area contributed by atoms with Gasteiger partial charge in [-0.3, -0.25) is 9.59 Å². The van der Waals surface area contributed by atoms with E-state index in [1.807, 2.05) is 51.1 Å². The average Bonchev–Trinajstić information content (AvgIpc) is 3.13. The maximum absolute atomic E-state index is 13.8. The van der Waals surface area contributed by atoms with Crippen LogP contribution in [0, 0.1) is 12.8 Å². The molecule has 1 aliphatic rings. The topological polar surface area (TPSA) is 78.2 Å². The Hall–Kier alpha value is -3.32. The minimum atomic E-state index is -0.596. The summed E-state index contributed by atoms with van der Waals surface area (Å²) in [6.45, 7) is 11.7. The van der Waals surface area contributed by atoms with Crippen LogP contribution in [0.2, 0.25) is 0 Å². The first-order valence-corrected chi connectivity index (χ1v) is 13.0. The smallest absolute Gasteiger partial charge is 0.290 e. The molecule has 1 unspecified atom stereocenters. The number of hydrogen-bond donors (Lipinski definition) is 0. The van der Waals surface area contributed by atoms with Crippen molar-refractivity contribution in [2.75, 3.05) is 26.9 Å². The summed E-state index contributed by atoms with van der Waals surface area (Å²) >= 11 is 0. The number of nitrogens with zero attached hydrogens (tertiary/aromatic N) is 1. The highest BCUT2D eigenvalue weighted by atomic mass is 16.5. The third-order valence-electron chi connectivity index (χ3n) is 6.57. The molecule has 0 bridgehead atoms. The van der Waals surface area contributed by atoms with Crippen LogP contribution in [0.3, 0.4) is 0 Å². The zero-order valence-electron chi connectivity index (χ0n) is 22.6. The van der Waals surface area contributed by atoms with E-state index < -0.39 is 6.04 Å². The van der Waals surface area contributed by atoms with E-state index in [9.17, 15) is 9.59 Å². The van der Waals surface area contributed by atoms with Gasteiger partial charge in [-0.05, 0) is 69.4 Å². The lowest BCUT2D eigenvalue weighted by Crippen LogP contribution is -2.31. The molecule has 37 heavy (non-hydrogen) atoms. The van der Waals surface area contributed by atoms with E-state index in [0.717, 1.165) is 17.5 Å². The number of amides is 1. The number of carbonyl (C=O) groups is 1.